The lowest BCUT2D eigenvalue weighted by Crippen LogP contribution is -2.35. The average molecular weight is 369 g/mol. The van der Waals surface area contributed by atoms with Gasteiger partial charge in [-0.05, 0) is 31.5 Å². The molecular weight excluding hydrogens is 344 g/mol. The second kappa shape index (κ2) is 9.05. The third kappa shape index (κ3) is 5.81. The van der Waals surface area contributed by atoms with Crippen molar-refractivity contribution >= 4 is 24.5 Å². The maximum absolute atomic E-state index is 12.2. The zero-order valence-corrected chi connectivity index (χ0v) is 15.9. The van der Waals surface area contributed by atoms with Crippen LogP contribution in [-0.4, -0.2) is 14.1 Å². The molecule has 1 N–H and O–H groups in total. The van der Waals surface area contributed by atoms with Gasteiger partial charge in [0.2, 0.25) is 0 Å². The highest BCUT2D eigenvalue weighted by atomic mass is 32.2. The van der Waals surface area contributed by atoms with Crippen LogP contribution in [0.15, 0.2) is 53.6 Å². The van der Waals surface area contributed by atoms with Gasteiger partial charge in [0.25, 0.3) is 5.88 Å². The Bertz CT molecular complexity index is 666. The second-order valence-corrected chi connectivity index (χ2v) is 8.05. The second-order valence-electron chi connectivity index (χ2n) is 6.05. The Morgan fingerprint density at radius 3 is 2.62 bits per heavy atom. The SMILES string of the molecule is C=C[C@H](N[S@@](=O)C(C)(C)C)c1cc(OCc2ccccc2)no1.S. The van der Waals surface area contributed by atoms with Crippen molar-refractivity contribution in [1.29, 1.82) is 0 Å². The van der Waals surface area contributed by atoms with Gasteiger partial charge in [0.05, 0.1) is 21.8 Å². The molecule has 0 amide bonds. The van der Waals surface area contributed by atoms with Crippen LogP contribution >= 0.6 is 13.5 Å². The molecule has 2 rings (SSSR count). The fraction of sp³-hybridized carbons (Fsp3) is 0.353. The fourth-order valence-corrected chi connectivity index (χ4v) is 2.53. The minimum atomic E-state index is -1.24. The molecule has 2 aromatic rings. The Kier molecular flexibility index (Phi) is 7.72. The number of nitrogens with one attached hydrogen (secondary N) is 1. The lowest BCUT2D eigenvalue weighted by atomic mass is 10.2. The van der Waals surface area contributed by atoms with Crippen LogP contribution in [0.1, 0.15) is 38.1 Å². The highest BCUT2D eigenvalue weighted by Crippen LogP contribution is 2.22. The standard InChI is InChI=1S/C17H22N2O3S.H2S/c1-5-14(19-23(20)17(2,3)4)15-11-16(18-22-15)21-12-13-9-7-6-8-10-13;/h5-11,14,19H,1,12H2,2-4H3;1H2/t14-,23-;/m0./s1. The molecule has 0 spiro atoms. The van der Waals surface area contributed by atoms with Crippen LogP contribution in [0, 0.1) is 0 Å². The first kappa shape index (κ1) is 20.5. The summed E-state index contributed by atoms with van der Waals surface area (Å²) in [6.45, 7) is 9.84. The fourth-order valence-electron chi connectivity index (χ4n) is 1.73. The van der Waals surface area contributed by atoms with E-state index in [0.717, 1.165) is 5.56 Å². The molecular formula is C17H24N2O3S2. The molecule has 0 unspecified atom stereocenters. The van der Waals surface area contributed by atoms with Gasteiger partial charge in [-0.1, -0.05) is 36.4 Å². The van der Waals surface area contributed by atoms with Crippen LogP contribution in [0.4, 0.5) is 0 Å². The van der Waals surface area contributed by atoms with Crippen LogP contribution in [0.5, 0.6) is 5.88 Å². The van der Waals surface area contributed by atoms with Crippen LogP contribution in [-0.2, 0) is 17.6 Å². The third-order valence-corrected chi connectivity index (χ3v) is 4.65. The van der Waals surface area contributed by atoms with Gasteiger partial charge in [0.15, 0.2) is 5.76 Å². The van der Waals surface area contributed by atoms with Crippen molar-refractivity contribution in [2.75, 3.05) is 0 Å². The summed E-state index contributed by atoms with van der Waals surface area (Å²) >= 11 is 0. The lowest BCUT2D eigenvalue weighted by Gasteiger charge is -2.20. The van der Waals surface area contributed by atoms with Gasteiger partial charge in [-0.2, -0.15) is 13.5 Å². The molecule has 0 aliphatic rings. The van der Waals surface area contributed by atoms with Gasteiger partial charge in [-0.3, -0.25) is 0 Å². The number of benzene rings is 1. The first-order chi connectivity index (χ1) is 10.9. The Labute approximate surface area is 152 Å². The normalized spacial score (nSPS) is 13.6. The number of ether oxygens (including phenoxy) is 1. The molecule has 0 bridgehead atoms. The van der Waals surface area contributed by atoms with E-state index in [4.69, 9.17) is 9.26 Å². The highest BCUT2D eigenvalue weighted by molar-refractivity contribution is 7.84. The van der Waals surface area contributed by atoms with Crippen molar-refractivity contribution in [3.63, 3.8) is 0 Å². The van der Waals surface area contributed by atoms with Gasteiger partial charge >= 0.3 is 0 Å². The zero-order chi connectivity index (χ0) is 16.9. The predicted octanol–water partition coefficient (Wildman–Crippen LogP) is 3.65. The molecule has 0 aliphatic carbocycles. The molecule has 0 saturated carbocycles. The van der Waals surface area contributed by atoms with Crippen LogP contribution in [0.3, 0.4) is 0 Å². The molecule has 2 atom stereocenters. The molecule has 0 aliphatic heterocycles. The van der Waals surface area contributed by atoms with E-state index in [0.29, 0.717) is 18.2 Å². The van der Waals surface area contributed by atoms with Crippen molar-refractivity contribution in [2.45, 2.75) is 38.2 Å². The first-order valence-corrected chi connectivity index (χ1v) is 8.49. The number of aromatic nitrogens is 1. The minimum absolute atomic E-state index is 0. The quantitative estimate of drug-likeness (QED) is 0.758. The van der Waals surface area contributed by atoms with Crippen molar-refractivity contribution < 1.29 is 13.5 Å². The summed E-state index contributed by atoms with van der Waals surface area (Å²) in [6.07, 6.45) is 1.63. The predicted molar refractivity (Wildman–Crippen MR) is 102 cm³/mol. The summed E-state index contributed by atoms with van der Waals surface area (Å²) in [7, 11) is -1.24. The molecule has 1 aromatic carbocycles. The van der Waals surface area contributed by atoms with Gasteiger partial charge in [-0.25, -0.2) is 8.93 Å². The van der Waals surface area contributed by atoms with E-state index in [1.165, 1.54) is 0 Å². The molecule has 1 heterocycles. The van der Waals surface area contributed by atoms with Crippen molar-refractivity contribution in [1.82, 2.24) is 9.88 Å². The number of nitrogens with zero attached hydrogens (tertiary/aromatic N) is 1. The Morgan fingerprint density at radius 1 is 1.38 bits per heavy atom. The van der Waals surface area contributed by atoms with E-state index < -0.39 is 17.0 Å². The first-order valence-electron chi connectivity index (χ1n) is 7.34. The van der Waals surface area contributed by atoms with E-state index in [9.17, 15) is 4.21 Å². The summed E-state index contributed by atoms with van der Waals surface area (Å²) in [6, 6.07) is 11.1. The van der Waals surface area contributed by atoms with E-state index in [-0.39, 0.29) is 18.2 Å². The van der Waals surface area contributed by atoms with Crippen LogP contribution in [0.2, 0.25) is 0 Å². The van der Waals surface area contributed by atoms with Crippen LogP contribution < -0.4 is 9.46 Å². The molecule has 7 heteroatoms. The summed E-state index contributed by atoms with van der Waals surface area (Å²) in [4.78, 5) is 0. The molecule has 24 heavy (non-hydrogen) atoms. The smallest absolute Gasteiger partial charge is 0.254 e. The number of hydrogen-bond donors (Lipinski definition) is 1. The van der Waals surface area contributed by atoms with Crippen molar-refractivity contribution in [3.8, 4) is 5.88 Å². The molecule has 132 valence electrons. The van der Waals surface area contributed by atoms with Crippen molar-refractivity contribution in [3.05, 3.63) is 60.4 Å². The summed E-state index contributed by atoms with van der Waals surface area (Å²) in [5, 5.41) is 3.89. The summed E-state index contributed by atoms with van der Waals surface area (Å²) in [5.74, 6) is 0.903. The van der Waals surface area contributed by atoms with Gasteiger partial charge < -0.3 is 9.26 Å². The topological polar surface area (TPSA) is 64.4 Å². The lowest BCUT2D eigenvalue weighted by molar-refractivity contribution is 0.264. The van der Waals surface area contributed by atoms with Gasteiger partial charge in [0.1, 0.15) is 6.61 Å². The third-order valence-electron chi connectivity index (χ3n) is 3.07. The average Bonchev–Trinajstić information content (AvgIpc) is 2.99. The molecule has 0 saturated heterocycles. The maximum Gasteiger partial charge on any atom is 0.254 e. The van der Waals surface area contributed by atoms with E-state index in [1.54, 1.807) is 12.1 Å². The Morgan fingerprint density at radius 2 is 2.04 bits per heavy atom. The largest absolute Gasteiger partial charge is 0.471 e. The van der Waals surface area contributed by atoms with E-state index in [1.807, 2.05) is 51.1 Å². The molecule has 1 aromatic heterocycles. The maximum atomic E-state index is 12.2. The van der Waals surface area contributed by atoms with Crippen molar-refractivity contribution in [2.24, 2.45) is 0 Å². The zero-order valence-electron chi connectivity index (χ0n) is 14.1. The molecule has 0 fully saturated rings. The molecule has 0 radical (unpaired) electrons. The summed E-state index contributed by atoms with van der Waals surface area (Å²) < 4.78 is 25.7. The number of hydrogen-bond acceptors (Lipinski definition) is 4. The highest BCUT2D eigenvalue weighted by Gasteiger charge is 2.24. The Hall–Kier alpha value is -1.57. The summed E-state index contributed by atoms with van der Waals surface area (Å²) in [5.41, 5.74) is 1.05. The van der Waals surface area contributed by atoms with Gasteiger partial charge in [-0.15, -0.1) is 6.58 Å². The van der Waals surface area contributed by atoms with E-state index >= 15 is 0 Å². The number of rotatable bonds is 7. The monoisotopic (exact) mass is 368 g/mol. The molecule has 5 nitrogen and oxygen atoms in total. The van der Waals surface area contributed by atoms with Crippen LogP contribution in [0.25, 0.3) is 0 Å². The Balaban J connectivity index is 0.00000288. The van der Waals surface area contributed by atoms with Gasteiger partial charge in [0, 0.05) is 6.07 Å². The van der Waals surface area contributed by atoms with E-state index in [2.05, 4.69) is 16.5 Å². The minimum Gasteiger partial charge on any atom is -0.471 e.